The molecule has 2 atom stereocenters. The number of hydrogen-bond acceptors (Lipinski definition) is 2. The molecule has 1 aromatic rings. The van der Waals surface area contributed by atoms with E-state index >= 15 is 0 Å². The van der Waals surface area contributed by atoms with Crippen LogP contribution in [0.15, 0.2) is 12.1 Å². The van der Waals surface area contributed by atoms with E-state index < -0.39 is 0 Å². The highest BCUT2D eigenvalue weighted by molar-refractivity contribution is 6.30. The molecule has 0 aromatic heterocycles. The Morgan fingerprint density at radius 1 is 1.56 bits per heavy atom. The van der Waals surface area contributed by atoms with Crippen LogP contribution >= 0.6 is 11.6 Å². The summed E-state index contributed by atoms with van der Waals surface area (Å²) in [6.45, 7) is 4.03. The van der Waals surface area contributed by atoms with E-state index in [-0.39, 0.29) is 5.41 Å². The van der Waals surface area contributed by atoms with Gasteiger partial charge in [-0.3, -0.25) is 0 Å². The molecule has 0 saturated heterocycles. The largest absolute Gasteiger partial charge is 0.496 e. The standard InChI is InChI=1S/C13H14ClNO/c1-8-4-10(14)5-11(12(8)16-3)13(7-15)6-9(13)2/h4-5,9H,6H2,1-3H3. The van der Waals surface area contributed by atoms with Crippen molar-refractivity contribution in [2.45, 2.75) is 25.7 Å². The lowest BCUT2D eigenvalue weighted by molar-refractivity contribution is 0.403. The molecule has 1 aliphatic carbocycles. The number of nitrogens with zero attached hydrogens (tertiary/aromatic N) is 1. The zero-order valence-corrected chi connectivity index (χ0v) is 10.4. The minimum absolute atomic E-state index is 0.379. The van der Waals surface area contributed by atoms with Crippen LogP contribution in [0, 0.1) is 24.2 Å². The summed E-state index contributed by atoms with van der Waals surface area (Å²) in [5, 5.41) is 10.0. The first kappa shape index (κ1) is 11.3. The van der Waals surface area contributed by atoms with Gasteiger partial charge in [0.15, 0.2) is 0 Å². The van der Waals surface area contributed by atoms with Crippen LogP contribution in [-0.2, 0) is 5.41 Å². The van der Waals surface area contributed by atoms with Crippen molar-refractivity contribution in [1.82, 2.24) is 0 Å². The number of nitriles is 1. The Labute approximate surface area is 101 Å². The highest BCUT2D eigenvalue weighted by atomic mass is 35.5. The lowest BCUT2D eigenvalue weighted by Gasteiger charge is -2.16. The van der Waals surface area contributed by atoms with Crippen molar-refractivity contribution in [3.05, 3.63) is 28.3 Å². The Hall–Kier alpha value is -1.20. The first-order chi connectivity index (χ1) is 7.55. The minimum atomic E-state index is -0.388. The molecule has 84 valence electrons. The lowest BCUT2D eigenvalue weighted by atomic mass is 9.92. The lowest BCUT2D eigenvalue weighted by Crippen LogP contribution is -2.09. The SMILES string of the molecule is COc1c(C)cc(Cl)cc1C1(C#N)CC1C. The zero-order valence-electron chi connectivity index (χ0n) is 9.67. The molecule has 2 nitrogen and oxygen atoms in total. The van der Waals surface area contributed by atoms with Gasteiger partial charge in [-0.25, -0.2) is 0 Å². The summed E-state index contributed by atoms with van der Waals surface area (Å²) in [5.41, 5.74) is 1.54. The van der Waals surface area contributed by atoms with Crippen LogP contribution in [0.5, 0.6) is 5.75 Å². The van der Waals surface area contributed by atoms with Crippen molar-refractivity contribution in [3.8, 4) is 11.8 Å². The fraction of sp³-hybridized carbons (Fsp3) is 0.462. The highest BCUT2D eigenvalue weighted by Gasteiger charge is 2.55. The van der Waals surface area contributed by atoms with Gasteiger partial charge in [-0.15, -0.1) is 0 Å². The number of benzene rings is 1. The van der Waals surface area contributed by atoms with Gasteiger partial charge in [-0.2, -0.15) is 5.26 Å². The highest BCUT2D eigenvalue weighted by Crippen LogP contribution is 2.56. The first-order valence-electron chi connectivity index (χ1n) is 5.31. The maximum absolute atomic E-state index is 9.33. The van der Waals surface area contributed by atoms with Gasteiger partial charge in [-0.1, -0.05) is 18.5 Å². The molecule has 0 radical (unpaired) electrons. The van der Waals surface area contributed by atoms with Crippen LogP contribution in [0.2, 0.25) is 5.02 Å². The number of ether oxygens (including phenoxy) is 1. The summed E-state index contributed by atoms with van der Waals surface area (Å²) in [7, 11) is 1.64. The predicted molar refractivity (Wildman–Crippen MR) is 63.8 cm³/mol. The van der Waals surface area contributed by atoms with Gasteiger partial charge >= 0.3 is 0 Å². The molecular formula is C13H14ClNO. The fourth-order valence-corrected chi connectivity index (χ4v) is 2.62. The van der Waals surface area contributed by atoms with Crippen molar-refractivity contribution >= 4 is 11.6 Å². The van der Waals surface area contributed by atoms with Crippen LogP contribution in [0.3, 0.4) is 0 Å². The van der Waals surface area contributed by atoms with Gasteiger partial charge in [0.1, 0.15) is 5.75 Å². The molecule has 2 unspecified atom stereocenters. The number of halogens is 1. The normalized spacial score (nSPS) is 27.3. The Balaban J connectivity index is 2.61. The molecule has 16 heavy (non-hydrogen) atoms. The van der Waals surface area contributed by atoms with Crippen molar-refractivity contribution < 1.29 is 4.74 Å². The number of hydrogen-bond donors (Lipinski definition) is 0. The van der Waals surface area contributed by atoms with Crippen LogP contribution in [0.25, 0.3) is 0 Å². The summed E-state index contributed by atoms with van der Waals surface area (Å²) >= 11 is 6.05. The van der Waals surface area contributed by atoms with Crippen molar-refractivity contribution in [2.75, 3.05) is 7.11 Å². The third-order valence-electron chi connectivity index (χ3n) is 3.43. The van der Waals surface area contributed by atoms with Crippen LogP contribution in [-0.4, -0.2) is 7.11 Å². The molecule has 0 aliphatic heterocycles. The second-order valence-corrected chi connectivity index (χ2v) is 4.93. The van der Waals surface area contributed by atoms with Gasteiger partial charge in [0.25, 0.3) is 0 Å². The van der Waals surface area contributed by atoms with E-state index in [2.05, 4.69) is 13.0 Å². The van der Waals surface area contributed by atoms with E-state index in [0.29, 0.717) is 10.9 Å². The molecule has 0 heterocycles. The van der Waals surface area contributed by atoms with E-state index in [4.69, 9.17) is 16.3 Å². The first-order valence-corrected chi connectivity index (χ1v) is 5.69. The van der Waals surface area contributed by atoms with Gasteiger partial charge in [0.2, 0.25) is 0 Å². The molecule has 0 N–H and O–H groups in total. The molecule has 0 amide bonds. The molecular weight excluding hydrogens is 222 g/mol. The average Bonchev–Trinajstić information content (AvgIpc) is 2.89. The molecule has 0 bridgehead atoms. The monoisotopic (exact) mass is 235 g/mol. The molecule has 1 saturated carbocycles. The maximum Gasteiger partial charge on any atom is 0.126 e. The molecule has 2 rings (SSSR count). The van der Waals surface area contributed by atoms with E-state index in [9.17, 15) is 5.26 Å². The topological polar surface area (TPSA) is 33.0 Å². The zero-order chi connectivity index (χ0) is 11.9. The van der Waals surface area contributed by atoms with Crippen LogP contribution in [0.4, 0.5) is 0 Å². The second kappa shape index (κ2) is 3.68. The average molecular weight is 236 g/mol. The van der Waals surface area contributed by atoms with E-state index in [1.807, 2.05) is 19.1 Å². The van der Waals surface area contributed by atoms with Crippen molar-refractivity contribution in [1.29, 1.82) is 5.26 Å². The van der Waals surface area contributed by atoms with Crippen molar-refractivity contribution in [2.24, 2.45) is 5.92 Å². The van der Waals surface area contributed by atoms with E-state index in [1.165, 1.54) is 0 Å². The third kappa shape index (κ3) is 1.47. The van der Waals surface area contributed by atoms with Crippen LogP contribution in [0.1, 0.15) is 24.5 Å². The Bertz CT molecular complexity index is 478. The smallest absolute Gasteiger partial charge is 0.126 e. The van der Waals surface area contributed by atoms with Gasteiger partial charge < -0.3 is 4.74 Å². The number of methoxy groups -OCH3 is 1. The Morgan fingerprint density at radius 3 is 2.62 bits per heavy atom. The Kier molecular flexibility index (Phi) is 2.59. The summed E-state index contributed by atoms with van der Waals surface area (Å²) < 4.78 is 5.40. The minimum Gasteiger partial charge on any atom is -0.496 e. The number of aryl methyl sites for hydroxylation is 1. The summed E-state index contributed by atoms with van der Waals surface area (Å²) in [6, 6.07) is 6.13. The van der Waals surface area contributed by atoms with E-state index in [0.717, 1.165) is 23.3 Å². The second-order valence-electron chi connectivity index (χ2n) is 4.49. The maximum atomic E-state index is 9.33. The molecule has 0 spiro atoms. The molecule has 1 aliphatic rings. The van der Waals surface area contributed by atoms with Crippen molar-refractivity contribution in [3.63, 3.8) is 0 Å². The molecule has 3 heteroatoms. The fourth-order valence-electron chi connectivity index (χ4n) is 2.35. The third-order valence-corrected chi connectivity index (χ3v) is 3.65. The summed E-state index contributed by atoms with van der Waals surface area (Å²) in [6.07, 6.45) is 0.889. The van der Waals surface area contributed by atoms with Gasteiger partial charge in [-0.05, 0) is 37.0 Å². The van der Waals surface area contributed by atoms with Gasteiger partial charge in [0.05, 0.1) is 18.6 Å². The molecule has 1 aromatic carbocycles. The van der Waals surface area contributed by atoms with Crippen LogP contribution < -0.4 is 4.74 Å². The summed E-state index contributed by atoms with van der Waals surface area (Å²) in [4.78, 5) is 0. The quantitative estimate of drug-likeness (QED) is 0.787. The predicted octanol–water partition coefficient (Wildman–Crippen LogP) is 3.46. The van der Waals surface area contributed by atoms with E-state index in [1.54, 1.807) is 7.11 Å². The Morgan fingerprint density at radius 2 is 2.19 bits per heavy atom. The summed E-state index contributed by atoms with van der Waals surface area (Å²) in [5.74, 6) is 1.18. The number of rotatable bonds is 2. The van der Waals surface area contributed by atoms with Gasteiger partial charge in [0, 0.05) is 10.6 Å². The molecule has 1 fully saturated rings.